The Labute approximate surface area is 105 Å². The molecule has 7 nitrogen and oxygen atoms in total. The van der Waals surface area contributed by atoms with E-state index in [9.17, 15) is 0 Å². The number of piperidine rings is 1. The van der Waals surface area contributed by atoms with Gasteiger partial charge in [0, 0.05) is 19.6 Å². The van der Waals surface area contributed by atoms with E-state index in [0.29, 0.717) is 11.7 Å². The molecule has 96 valence electrons. The Bertz CT molecular complexity index is 517. The van der Waals surface area contributed by atoms with Crippen molar-refractivity contribution in [2.45, 2.75) is 25.3 Å². The molecule has 2 aromatic heterocycles. The third-order valence-electron chi connectivity index (χ3n) is 3.39. The average molecular weight is 247 g/mol. The molecule has 3 heterocycles. The molecular formula is C11H17N7. The number of anilines is 1. The molecule has 1 aliphatic rings. The summed E-state index contributed by atoms with van der Waals surface area (Å²) in [6.45, 7) is 2.06. The monoisotopic (exact) mass is 247 g/mol. The van der Waals surface area contributed by atoms with E-state index in [-0.39, 0.29) is 0 Å². The van der Waals surface area contributed by atoms with Gasteiger partial charge in [0.05, 0.1) is 12.4 Å². The van der Waals surface area contributed by atoms with Crippen LogP contribution in [0.4, 0.5) is 5.82 Å². The maximum Gasteiger partial charge on any atom is 0.199 e. The summed E-state index contributed by atoms with van der Waals surface area (Å²) in [4.78, 5) is 6.33. The highest BCUT2D eigenvalue weighted by Gasteiger charge is 2.16. The molecule has 0 aliphatic carbocycles. The molecule has 1 atom stereocenters. The molecule has 1 saturated heterocycles. The highest BCUT2D eigenvalue weighted by molar-refractivity contribution is 5.45. The second kappa shape index (κ2) is 4.85. The summed E-state index contributed by atoms with van der Waals surface area (Å²) in [5, 5.41) is 15.1. The molecule has 0 amide bonds. The van der Waals surface area contributed by atoms with Gasteiger partial charge in [-0.3, -0.25) is 4.98 Å². The number of tetrazole rings is 1. The van der Waals surface area contributed by atoms with Gasteiger partial charge in [-0.2, -0.15) is 4.52 Å². The van der Waals surface area contributed by atoms with E-state index >= 15 is 0 Å². The van der Waals surface area contributed by atoms with Crippen LogP contribution in [0.15, 0.2) is 12.4 Å². The molecule has 1 aliphatic heterocycles. The van der Waals surface area contributed by atoms with Gasteiger partial charge >= 0.3 is 0 Å². The Morgan fingerprint density at radius 3 is 3.22 bits per heavy atom. The van der Waals surface area contributed by atoms with Gasteiger partial charge in [-0.05, 0) is 29.8 Å². The molecule has 0 spiro atoms. The summed E-state index contributed by atoms with van der Waals surface area (Å²) in [6.07, 6.45) is 7.27. The van der Waals surface area contributed by atoms with Crippen molar-refractivity contribution < 1.29 is 0 Å². The zero-order valence-corrected chi connectivity index (χ0v) is 10.5. The van der Waals surface area contributed by atoms with Crippen molar-refractivity contribution >= 4 is 11.5 Å². The summed E-state index contributed by atoms with van der Waals surface area (Å²) in [6, 6.07) is 0.537. The molecule has 0 saturated carbocycles. The van der Waals surface area contributed by atoms with Crippen LogP contribution in [0, 0.1) is 0 Å². The lowest BCUT2D eigenvalue weighted by molar-refractivity contribution is 0.402. The molecule has 18 heavy (non-hydrogen) atoms. The first kappa shape index (κ1) is 11.3. The van der Waals surface area contributed by atoms with Crippen molar-refractivity contribution in [2.75, 3.05) is 25.0 Å². The average Bonchev–Trinajstić information content (AvgIpc) is 2.87. The first-order chi connectivity index (χ1) is 8.84. The topological polar surface area (TPSA) is 71.2 Å². The quantitative estimate of drug-likeness (QED) is 0.829. The second-order valence-corrected chi connectivity index (χ2v) is 4.74. The van der Waals surface area contributed by atoms with Crippen LogP contribution in [0.2, 0.25) is 0 Å². The molecule has 1 unspecified atom stereocenters. The fourth-order valence-corrected chi connectivity index (χ4v) is 2.43. The Balaban J connectivity index is 1.78. The molecule has 3 rings (SSSR count). The highest BCUT2D eigenvalue weighted by atomic mass is 15.5. The van der Waals surface area contributed by atoms with E-state index in [1.54, 1.807) is 16.9 Å². The third kappa shape index (κ3) is 2.13. The normalized spacial score (nSPS) is 20.2. The number of rotatable bonds is 3. The first-order valence-corrected chi connectivity index (χ1v) is 6.31. The van der Waals surface area contributed by atoms with Crippen LogP contribution in [0.5, 0.6) is 0 Å². The number of aromatic nitrogens is 5. The molecule has 0 bridgehead atoms. The van der Waals surface area contributed by atoms with Crippen LogP contribution < -0.4 is 10.2 Å². The number of nitrogens with zero attached hydrogens (tertiary/aromatic N) is 6. The van der Waals surface area contributed by atoms with E-state index in [2.05, 4.69) is 37.8 Å². The van der Waals surface area contributed by atoms with Crippen molar-refractivity contribution in [1.29, 1.82) is 0 Å². The zero-order valence-electron chi connectivity index (χ0n) is 10.5. The lowest BCUT2D eigenvalue weighted by atomic mass is 10.0. The van der Waals surface area contributed by atoms with Crippen LogP contribution in [0.25, 0.3) is 5.65 Å². The number of hydrogen-bond acceptors (Lipinski definition) is 6. The van der Waals surface area contributed by atoms with E-state index in [1.807, 2.05) is 0 Å². The van der Waals surface area contributed by atoms with Crippen molar-refractivity contribution in [1.82, 2.24) is 30.3 Å². The van der Waals surface area contributed by atoms with E-state index < -0.39 is 0 Å². The Morgan fingerprint density at radius 1 is 1.44 bits per heavy atom. The fourth-order valence-electron chi connectivity index (χ4n) is 2.43. The molecule has 0 radical (unpaired) electrons. The summed E-state index contributed by atoms with van der Waals surface area (Å²) in [7, 11) is 2.05. The Morgan fingerprint density at radius 2 is 2.39 bits per heavy atom. The predicted molar refractivity (Wildman–Crippen MR) is 67.5 cm³/mol. The van der Waals surface area contributed by atoms with Crippen molar-refractivity contribution in [3.05, 3.63) is 12.4 Å². The van der Waals surface area contributed by atoms with Crippen molar-refractivity contribution in [2.24, 2.45) is 0 Å². The minimum absolute atomic E-state index is 0.537. The fraction of sp³-hybridized carbons (Fsp3) is 0.636. The molecule has 0 aromatic carbocycles. The van der Waals surface area contributed by atoms with Gasteiger partial charge in [0.2, 0.25) is 0 Å². The lowest BCUT2D eigenvalue weighted by Crippen LogP contribution is -2.43. The maximum atomic E-state index is 4.17. The molecular weight excluding hydrogens is 230 g/mol. The summed E-state index contributed by atoms with van der Waals surface area (Å²) in [5.74, 6) is 0.921. The standard InChI is InChI=1S/C11H17N7/c1-17(8-9-4-2-3-5-13-9)11-7-12-6-10-14-15-16-18(10)11/h6-7,9,13H,2-5,8H2,1H3. The number of hydrogen-bond donors (Lipinski definition) is 1. The predicted octanol–water partition coefficient (Wildman–Crippen LogP) is 0.0976. The van der Waals surface area contributed by atoms with E-state index in [0.717, 1.165) is 18.9 Å². The maximum absolute atomic E-state index is 4.17. The van der Waals surface area contributed by atoms with Gasteiger partial charge in [0.15, 0.2) is 11.5 Å². The van der Waals surface area contributed by atoms with Crippen LogP contribution in [-0.4, -0.2) is 51.2 Å². The van der Waals surface area contributed by atoms with Crippen molar-refractivity contribution in [3.63, 3.8) is 0 Å². The van der Waals surface area contributed by atoms with E-state index in [4.69, 9.17) is 0 Å². The summed E-state index contributed by atoms with van der Waals surface area (Å²) >= 11 is 0. The molecule has 7 heteroatoms. The third-order valence-corrected chi connectivity index (χ3v) is 3.39. The summed E-state index contributed by atoms with van der Waals surface area (Å²) < 4.78 is 1.72. The van der Waals surface area contributed by atoms with Crippen LogP contribution >= 0.6 is 0 Å². The number of fused-ring (bicyclic) bond motifs is 1. The van der Waals surface area contributed by atoms with Gasteiger partial charge in [0.25, 0.3) is 0 Å². The minimum atomic E-state index is 0.537. The largest absolute Gasteiger partial charge is 0.357 e. The lowest BCUT2D eigenvalue weighted by Gasteiger charge is -2.29. The van der Waals surface area contributed by atoms with Gasteiger partial charge < -0.3 is 10.2 Å². The zero-order chi connectivity index (χ0) is 12.4. The minimum Gasteiger partial charge on any atom is -0.357 e. The Kier molecular flexibility index (Phi) is 3.06. The highest BCUT2D eigenvalue weighted by Crippen LogP contribution is 2.14. The van der Waals surface area contributed by atoms with Gasteiger partial charge in [0.1, 0.15) is 0 Å². The van der Waals surface area contributed by atoms with Crippen LogP contribution in [0.1, 0.15) is 19.3 Å². The Hall–Kier alpha value is -1.76. The SMILES string of the molecule is CN(CC1CCCCN1)c1cncc2nnnn12. The van der Waals surface area contributed by atoms with Crippen molar-refractivity contribution in [3.8, 4) is 0 Å². The number of likely N-dealkylation sites (N-methyl/N-ethyl adjacent to an activating group) is 1. The van der Waals surface area contributed by atoms with Gasteiger partial charge in [-0.1, -0.05) is 6.42 Å². The molecule has 2 aromatic rings. The van der Waals surface area contributed by atoms with Gasteiger partial charge in [-0.15, -0.1) is 5.10 Å². The molecule has 1 N–H and O–H groups in total. The van der Waals surface area contributed by atoms with E-state index in [1.165, 1.54) is 19.3 Å². The number of nitrogens with one attached hydrogen (secondary N) is 1. The first-order valence-electron chi connectivity index (χ1n) is 6.31. The van der Waals surface area contributed by atoms with Gasteiger partial charge in [-0.25, -0.2) is 0 Å². The van der Waals surface area contributed by atoms with Crippen LogP contribution in [0.3, 0.4) is 0 Å². The second-order valence-electron chi connectivity index (χ2n) is 4.74. The summed E-state index contributed by atoms with van der Waals surface area (Å²) in [5.41, 5.74) is 0.677. The smallest absolute Gasteiger partial charge is 0.199 e. The van der Waals surface area contributed by atoms with Crippen LogP contribution in [-0.2, 0) is 0 Å². The molecule has 1 fully saturated rings.